The Hall–Kier alpha value is -2.25. The van der Waals surface area contributed by atoms with Crippen LogP contribution < -0.4 is 5.32 Å². The quantitative estimate of drug-likeness (QED) is 0.872. The lowest BCUT2D eigenvalue weighted by atomic mass is 10.1. The number of carbonyl (C=O) groups excluding carboxylic acids is 1. The maximum atomic E-state index is 13.1. The maximum absolute atomic E-state index is 13.1. The molecule has 3 rings (SSSR count). The Morgan fingerprint density at radius 3 is 2.46 bits per heavy atom. The third-order valence-corrected chi connectivity index (χ3v) is 6.44. The number of sulfonamides is 1. The molecule has 2 aromatic carbocycles. The lowest BCUT2D eigenvalue weighted by Gasteiger charge is -2.23. The van der Waals surface area contributed by atoms with Crippen molar-refractivity contribution in [3.8, 4) is 0 Å². The van der Waals surface area contributed by atoms with Gasteiger partial charge < -0.3 is 5.32 Å². The molecule has 0 aliphatic carbocycles. The summed E-state index contributed by atoms with van der Waals surface area (Å²) in [5.74, 6) is -0.813. The van der Waals surface area contributed by atoms with Crippen LogP contribution in [0.1, 0.15) is 24.0 Å². The van der Waals surface area contributed by atoms with E-state index in [1.165, 1.54) is 16.4 Å². The number of aryl methyl sites for hydroxylation is 1. The molecule has 1 amide bonds. The van der Waals surface area contributed by atoms with Gasteiger partial charge in [-0.15, -0.1) is 0 Å². The minimum atomic E-state index is -3.83. The van der Waals surface area contributed by atoms with Gasteiger partial charge in [0, 0.05) is 13.1 Å². The summed E-state index contributed by atoms with van der Waals surface area (Å²) >= 11 is 0. The van der Waals surface area contributed by atoms with Crippen LogP contribution >= 0.6 is 0 Å². The molecule has 1 N–H and O–H groups in total. The summed E-state index contributed by atoms with van der Waals surface area (Å²) < 4.78 is 39.9. The molecule has 138 valence electrons. The molecule has 1 atom stereocenters. The van der Waals surface area contributed by atoms with E-state index in [9.17, 15) is 17.6 Å². The summed E-state index contributed by atoms with van der Waals surface area (Å²) in [4.78, 5) is 12.5. The molecule has 0 spiro atoms. The molecule has 0 aromatic heterocycles. The highest BCUT2D eigenvalue weighted by Crippen LogP contribution is 2.26. The Morgan fingerprint density at radius 1 is 1.15 bits per heavy atom. The number of carbonyl (C=O) groups is 1. The lowest BCUT2D eigenvalue weighted by Crippen LogP contribution is -2.45. The van der Waals surface area contributed by atoms with Gasteiger partial charge in [0.1, 0.15) is 11.9 Å². The minimum absolute atomic E-state index is 0.00265. The molecule has 7 heteroatoms. The molecule has 1 aliphatic heterocycles. The molecule has 0 saturated carbocycles. The summed E-state index contributed by atoms with van der Waals surface area (Å²) in [6.45, 7) is 2.61. The van der Waals surface area contributed by atoms with Crippen LogP contribution in [-0.2, 0) is 21.4 Å². The minimum Gasteiger partial charge on any atom is -0.351 e. The first-order valence-corrected chi connectivity index (χ1v) is 9.92. The van der Waals surface area contributed by atoms with Crippen molar-refractivity contribution in [3.63, 3.8) is 0 Å². The molecule has 0 radical (unpaired) electrons. The van der Waals surface area contributed by atoms with Gasteiger partial charge in [-0.1, -0.05) is 29.8 Å². The van der Waals surface area contributed by atoms with Gasteiger partial charge in [0.15, 0.2) is 0 Å². The van der Waals surface area contributed by atoms with Gasteiger partial charge in [-0.2, -0.15) is 4.31 Å². The van der Waals surface area contributed by atoms with E-state index < -0.39 is 21.9 Å². The number of rotatable bonds is 5. The van der Waals surface area contributed by atoms with Gasteiger partial charge in [0.2, 0.25) is 15.9 Å². The molecule has 1 fully saturated rings. The summed E-state index contributed by atoms with van der Waals surface area (Å²) in [7, 11) is -3.83. The number of nitrogens with one attached hydrogen (secondary N) is 1. The SMILES string of the molecule is Cc1ccc(CNC(=O)[C@@H]2CCCN2S(=O)(=O)c2ccc(F)cc2)cc1. The first-order chi connectivity index (χ1) is 12.4. The maximum Gasteiger partial charge on any atom is 0.243 e. The van der Waals surface area contributed by atoms with E-state index in [1.54, 1.807) is 0 Å². The Labute approximate surface area is 152 Å². The second kappa shape index (κ2) is 7.55. The molecular weight excluding hydrogens is 355 g/mol. The second-order valence-electron chi connectivity index (χ2n) is 6.43. The first kappa shape index (κ1) is 18.5. The summed E-state index contributed by atoms with van der Waals surface area (Å²) in [6.07, 6.45) is 1.09. The summed E-state index contributed by atoms with van der Waals surface area (Å²) in [5.41, 5.74) is 2.09. The first-order valence-electron chi connectivity index (χ1n) is 8.48. The van der Waals surface area contributed by atoms with E-state index in [4.69, 9.17) is 0 Å². The molecule has 0 bridgehead atoms. The van der Waals surface area contributed by atoms with Crippen molar-refractivity contribution in [2.75, 3.05) is 6.54 Å². The van der Waals surface area contributed by atoms with Crippen molar-refractivity contribution >= 4 is 15.9 Å². The lowest BCUT2D eigenvalue weighted by molar-refractivity contribution is -0.124. The van der Waals surface area contributed by atoms with Crippen LogP contribution in [0.25, 0.3) is 0 Å². The molecular formula is C19H21FN2O3S. The van der Waals surface area contributed by atoms with Gasteiger partial charge in [0.05, 0.1) is 4.90 Å². The van der Waals surface area contributed by atoms with Crippen LogP contribution in [0.15, 0.2) is 53.4 Å². The Bertz CT molecular complexity index is 880. The molecule has 2 aromatic rings. The van der Waals surface area contributed by atoms with Gasteiger partial charge in [-0.25, -0.2) is 12.8 Å². The van der Waals surface area contributed by atoms with Crippen molar-refractivity contribution in [2.24, 2.45) is 0 Å². The number of hydrogen-bond acceptors (Lipinski definition) is 3. The van der Waals surface area contributed by atoms with Crippen LogP contribution in [0.4, 0.5) is 4.39 Å². The molecule has 5 nitrogen and oxygen atoms in total. The Balaban J connectivity index is 1.71. The number of hydrogen-bond donors (Lipinski definition) is 1. The second-order valence-corrected chi connectivity index (χ2v) is 8.32. The fourth-order valence-electron chi connectivity index (χ4n) is 3.04. The van der Waals surface area contributed by atoms with Crippen LogP contribution in [0.5, 0.6) is 0 Å². The zero-order chi connectivity index (χ0) is 18.7. The predicted molar refractivity (Wildman–Crippen MR) is 96.3 cm³/mol. The molecule has 1 aliphatic rings. The van der Waals surface area contributed by atoms with Crippen LogP contribution in [-0.4, -0.2) is 31.2 Å². The standard InChI is InChI=1S/C19H21FN2O3S/c1-14-4-6-15(7-5-14)13-21-19(23)18-3-2-12-22(18)26(24,25)17-10-8-16(20)9-11-17/h4-11,18H,2-3,12-13H2,1H3,(H,21,23)/t18-/m0/s1. The number of halogens is 1. The number of benzene rings is 2. The highest BCUT2D eigenvalue weighted by atomic mass is 32.2. The molecule has 0 unspecified atom stereocenters. The third kappa shape index (κ3) is 3.94. The van der Waals surface area contributed by atoms with Gasteiger partial charge in [-0.3, -0.25) is 4.79 Å². The summed E-state index contributed by atoms with van der Waals surface area (Å²) in [5, 5.41) is 2.82. The van der Waals surface area contributed by atoms with Crippen LogP contribution in [0, 0.1) is 12.7 Å². The number of nitrogens with zero attached hydrogens (tertiary/aromatic N) is 1. The van der Waals surface area contributed by atoms with E-state index in [0.29, 0.717) is 19.4 Å². The van der Waals surface area contributed by atoms with E-state index in [-0.39, 0.29) is 17.3 Å². The van der Waals surface area contributed by atoms with Crippen molar-refractivity contribution in [3.05, 3.63) is 65.5 Å². The van der Waals surface area contributed by atoms with Crippen molar-refractivity contribution in [2.45, 2.75) is 37.2 Å². The van der Waals surface area contributed by atoms with Crippen LogP contribution in [0.3, 0.4) is 0 Å². The van der Waals surface area contributed by atoms with E-state index >= 15 is 0 Å². The predicted octanol–water partition coefficient (Wildman–Crippen LogP) is 2.60. The zero-order valence-electron chi connectivity index (χ0n) is 14.5. The monoisotopic (exact) mass is 376 g/mol. The fraction of sp³-hybridized carbons (Fsp3) is 0.316. The van der Waals surface area contributed by atoms with Gasteiger partial charge in [0.25, 0.3) is 0 Å². The van der Waals surface area contributed by atoms with Gasteiger partial charge in [-0.05, 0) is 49.6 Å². The molecule has 26 heavy (non-hydrogen) atoms. The third-order valence-electron chi connectivity index (χ3n) is 4.51. The normalized spacial score (nSPS) is 18.0. The van der Waals surface area contributed by atoms with E-state index in [0.717, 1.165) is 23.3 Å². The topological polar surface area (TPSA) is 66.5 Å². The average Bonchev–Trinajstić information content (AvgIpc) is 3.12. The molecule has 1 saturated heterocycles. The largest absolute Gasteiger partial charge is 0.351 e. The van der Waals surface area contributed by atoms with Crippen molar-refractivity contribution in [1.82, 2.24) is 9.62 Å². The highest BCUT2D eigenvalue weighted by Gasteiger charge is 2.39. The van der Waals surface area contributed by atoms with Gasteiger partial charge >= 0.3 is 0 Å². The van der Waals surface area contributed by atoms with Crippen LogP contribution in [0.2, 0.25) is 0 Å². The smallest absolute Gasteiger partial charge is 0.243 e. The summed E-state index contributed by atoms with van der Waals surface area (Å²) in [6, 6.07) is 11.7. The number of amides is 1. The average molecular weight is 376 g/mol. The van der Waals surface area contributed by atoms with E-state index in [1.807, 2.05) is 31.2 Å². The Morgan fingerprint density at radius 2 is 1.81 bits per heavy atom. The van der Waals surface area contributed by atoms with Crippen molar-refractivity contribution in [1.29, 1.82) is 0 Å². The van der Waals surface area contributed by atoms with E-state index in [2.05, 4.69) is 5.32 Å². The molecule has 1 heterocycles. The fourth-order valence-corrected chi connectivity index (χ4v) is 4.70. The Kier molecular flexibility index (Phi) is 5.38. The highest BCUT2D eigenvalue weighted by molar-refractivity contribution is 7.89. The van der Waals surface area contributed by atoms with Crippen molar-refractivity contribution < 1.29 is 17.6 Å². The zero-order valence-corrected chi connectivity index (χ0v) is 15.3.